The number of nitrogens with zero attached hydrogens (tertiary/aromatic N) is 2. The van der Waals surface area contributed by atoms with Crippen LogP contribution in [0.1, 0.15) is 13.8 Å². The first kappa shape index (κ1) is 14.4. The predicted molar refractivity (Wildman–Crippen MR) is 70.1 cm³/mol. The van der Waals surface area contributed by atoms with Crippen LogP contribution in [0, 0.1) is 0 Å². The first-order valence-electron chi connectivity index (χ1n) is 5.96. The molecule has 0 bridgehead atoms. The van der Waals surface area contributed by atoms with Crippen molar-refractivity contribution in [1.82, 2.24) is 15.1 Å². The van der Waals surface area contributed by atoms with Crippen molar-refractivity contribution in [3.8, 4) is 0 Å². The average Bonchev–Trinajstić information content (AvgIpc) is 2.29. The lowest BCUT2D eigenvalue weighted by molar-refractivity contribution is -0.132. The number of halogens is 1. The minimum atomic E-state index is -0.127. The maximum absolute atomic E-state index is 11.7. The summed E-state index contributed by atoms with van der Waals surface area (Å²) in [5.41, 5.74) is 0. The third kappa shape index (κ3) is 4.63. The van der Waals surface area contributed by atoms with E-state index in [1.54, 1.807) is 0 Å². The van der Waals surface area contributed by atoms with E-state index in [0.29, 0.717) is 26.2 Å². The lowest BCUT2D eigenvalue weighted by atomic mass is 10.3. The van der Waals surface area contributed by atoms with Crippen LogP contribution in [0.4, 0.5) is 0 Å². The molecule has 0 saturated carbocycles. The maximum Gasteiger partial charge on any atom is 0.236 e. The Hall–Kier alpha value is -0.620. The number of rotatable bonds is 4. The third-order valence-electron chi connectivity index (χ3n) is 2.77. The summed E-state index contributed by atoms with van der Waals surface area (Å²) in [5, 5.41) is 2.78. The molecule has 1 saturated heterocycles. The maximum atomic E-state index is 11.7. The van der Waals surface area contributed by atoms with Gasteiger partial charge >= 0.3 is 0 Å². The smallest absolute Gasteiger partial charge is 0.236 e. The van der Waals surface area contributed by atoms with E-state index in [9.17, 15) is 9.59 Å². The van der Waals surface area contributed by atoms with Gasteiger partial charge in [-0.2, -0.15) is 0 Å². The van der Waals surface area contributed by atoms with E-state index in [2.05, 4.69) is 26.1 Å². The molecule has 1 heterocycles. The van der Waals surface area contributed by atoms with Gasteiger partial charge in [0.2, 0.25) is 11.8 Å². The van der Waals surface area contributed by atoms with Crippen LogP contribution in [0.3, 0.4) is 0 Å². The van der Waals surface area contributed by atoms with Gasteiger partial charge in [0.25, 0.3) is 0 Å². The Balaban J connectivity index is 2.31. The molecule has 0 aromatic heterocycles. The van der Waals surface area contributed by atoms with Crippen molar-refractivity contribution in [2.75, 3.05) is 39.3 Å². The van der Waals surface area contributed by atoms with Crippen LogP contribution in [0.25, 0.3) is 0 Å². The lowest BCUT2D eigenvalue weighted by Gasteiger charge is -2.34. The molecule has 2 amide bonds. The van der Waals surface area contributed by atoms with Gasteiger partial charge < -0.3 is 10.2 Å². The van der Waals surface area contributed by atoms with Gasteiger partial charge in [-0.3, -0.25) is 14.5 Å². The Morgan fingerprint density at radius 2 is 1.88 bits per heavy atom. The number of hydrogen-bond donors (Lipinski definition) is 1. The normalized spacial score (nSPS) is 18.9. The number of carbonyl (C=O) groups is 2. The minimum absolute atomic E-state index is 0.0566. The van der Waals surface area contributed by atoms with Gasteiger partial charge in [0.1, 0.15) is 0 Å². The highest BCUT2D eigenvalue weighted by molar-refractivity contribution is 9.10. The van der Waals surface area contributed by atoms with E-state index in [1.165, 1.54) is 0 Å². The number of alkyl halides is 1. The van der Waals surface area contributed by atoms with Gasteiger partial charge in [0, 0.05) is 32.7 Å². The van der Waals surface area contributed by atoms with Crippen molar-refractivity contribution in [2.45, 2.75) is 18.7 Å². The van der Waals surface area contributed by atoms with Crippen LogP contribution in [0.15, 0.2) is 0 Å². The zero-order valence-electron chi connectivity index (χ0n) is 10.4. The zero-order valence-corrected chi connectivity index (χ0v) is 12.0. The van der Waals surface area contributed by atoms with Crippen molar-refractivity contribution in [3.05, 3.63) is 0 Å². The summed E-state index contributed by atoms with van der Waals surface area (Å²) in [5.74, 6) is 0.184. The summed E-state index contributed by atoms with van der Waals surface area (Å²) in [6.45, 7) is 7.78. The summed E-state index contributed by atoms with van der Waals surface area (Å²) in [4.78, 5) is 26.9. The average molecular weight is 306 g/mol. The molecule has 17 heavy (non-hydrogen) atoms. The van der Waals surface area contributed by atoms with Crippen molar-refractivity contribution in [1.29, 1.82) is 0 Å². The molecule has 1 aliphatic rings. The molecule has 5 nitrogen and oxygen atoms in total. The molecule has 1 atom stereocenters. The number of nitrogens with one attached hydrogen (secondary N) is 1. The van der Waals surface area contributed by atoms with Gasteiger partial charge in [-0.25, -0.2) is 0 Å². The highest BCUT2D eigenvalue weighted by Gasteiger charge is 2.24. The van der Waals surface area contributed by atoms with Crippen molar-refractivity contribution < 1.29 is 9.59 Å². The van der Waals surface area contributed by atoms with Gasteiger partial charge in [-0.1, -0.05) is 15.9 Å². The van der Waals surface area contributed by atoms with Crippen molar-refractivity contribution >= 4 is 27.7 Å². The van der Waals surface area contributed by atoms with Crippen molar-refractivity contribution in [2.24, 2.45) is 0 Å². The molecule has 1 aliphatic heterocycles. The fourth-order valence-corrected chi connectivity index (χ4v) is 2.12. The van der Waals surface area contributed by atoms with Crippen LogP contribution in [0.5, 0.6) is 0 Å². The van der Waals surface area contributed by atoms with Crippen LogP contribution < -0.4 is 5.32 Å². The fraction of sp³-hybridized carbons (Fsp3) is 0.818. The number of carbonyl (C=O) groups excluding carboxylic acids is 2. The number of likely N-dealkylation sites (N-methyl/N-ethyl adjacent to an activating group) is 1. The lowest BCUT2D eigenvalue weighted by Crippen LogP contribution is -2.52. The first-order chi connectivity index (χ1) is 8.04. The highest BCUT2D eigenvalue weighted by atomic mass is 79.9. The van der Waals surface area contributed by atoms with E-state index in [-0.39, 0.29) is 16.6 Å². The van der Waals surface area contributed by atoms with Crippen LogP contribution in [0.2, 0.25) is 0 Å². The van der Waals surface area contributed by atoms with Gasteiger partial charge in [0.05, 0.1) is 11.4 Å². The molecule has 0 aromatic carbocycles. The Morgan fingerprint density at radius 1 is 1.29 bits per heavy atom. The molecule has 1 N–H and O–H groups in total. The SMILES string of the molecule is CCNC(=O)CN1CCN(C(=O)C(C)Br)CC1. The molecular weight excluding hydrogens is 286 g/mol. The number of piperazine rings is 1. The van der Waals surface area contributed by atoms with E-state index >= 15 is 0 Å². The predicted octanol–water partition coefficient (Wildman–Crippen LogP) is 0.0501. The molecule has 0 aromatic rings. The van der Waals surface area contributed by atoms with E-state index in [4.69, 9.17) is 0 Å². The number of amides is 2. The minimum Gasteiger partial charge on any atom is -0.355 e. The van der Waals surface area contributed by atoms with E-state index < -0.39 is 0 Å². The molecule has 0 spiro atoms. The second kappa shape index (κ2) is 6.96. The summed E-state index contributed by atoms with van der Waals surface area (Å²) in [6.07, 6.45) is 0. The molecule has 0 radical (unpaired) electrons. The highest BCUT2D eigenvalue weighted by Crippen LogP contribution is 2.08. The van der Waals surface area contributed by atoms with Crippen molar-refractivity contribution in [3.63, 3.8) is 0 Å². The third-order valence-corrected chi connectivity index (χ3v) is 3.16. The first-order valence-corrected chi connectivity index (χ1v) is 6.88. The molecule has 1 rings (SSSR count). The van der Waals surface area contributed by atoms with E-state index in [0.717, 1.165) is 13.1 Å². The molecule has 6 heteroatoms. The Morgan fingerprint density at radius 3 is 2.35 bits per heavy atom. The Labute approximate surface area is 111 Å². The molecule has 1 unspecified atom stereocenters. The topological polar surface area (TPSA) is 52.7 Å². The van der Waals surface area contributed by atoms with Crippen LogP contribution >= 0.6 is 15.9 Å². The van der Waals surface area contributed by atoms with Gasteiger partial charge in [0.15, 0.2) is 0 Å². The van der Waals surface area contributed by atoms with E-state index in [1.807, 2.05) is 18.7 Å². The van der Waals surface area contributed by atoms with Crippen LogP contribution in [-0.2, 0) is 9.59 Å². The summed E-state index contributed by atoms with van der Waals surface area (Å²) >= 11 is 3.28. The Bertz CT molecular complexity index is 276. The quantitative estimate of drug-likeness (QED) is 0.747. The standard InChI is InChI=1S/C11H20BrN3O2/c1-3-13-10(16)8-14-4-6-15(7-5-14)11(17)9(2)12/h9H,3-8H2,1-2H3,(H,13,16). The molecule has 0 aliphatic carbocycles. The second-order valence-corrected chi connectivity index (χ2v) is 5.54. The Kier molecular flexibility index (Phi) is 5.91. The van der Waals surface area contributed by atoms with Gasteiger partial charge in [-0.15, -0.1) is 0 Å². The van der Waals surface area contributed by atoms with Gasteiger partial charge in [-0.05, 0) is 13.8 Å². The summed E-state index contributed by atoms with van der Waals surface area (Å²) in [7, 11) is 0. The van der Waals surface area contributed by atoms with Crippen LogP contribution in [-0.4, -0.2) is 65.7 Å². The monoisotopic (exact) mass is 305 g/mol. The molecule has 1 fully saturated rings. The largest absolute Gasteiger partial charge is 0.355 e. The molecule has 98 valence electrons. The summed E-state index contributed by atoms with van der Waals surface area (Å²) in [6, 6.07) is 0. The zero-order chi connectivity index (χ0) is 12.8. The molecular formula is C11H20BrN3O2. The second-order valence-electron chi connectivity index (χ2n) is 4.17. The number of hydrogen-bond acceptors (Lipinski definition) is 3. The summed E-state index contributed by atoms with van der Waals surface area (Å²) < 4.78 is 0. The fourth-order valence-electron chi connectivity index (χ4n) is 1.83.